The van der Waals surface area contributed by atoms with Crippen molar-refractivity contribution in [2.75, 3.05) is 27.2 Å². The molecule has 0 amide bonds. The van der Waals surface area contributed by atoms with Crippen LogP contribution in [0.5, 0.6) is 0 Å². The van der Waals surface area contributed by atoms with E-state index in [4.69, 9.17) is 5.11 Å². The smallest absolute Gasteiger partial charge is 0.100 e. The van der Waals surface area contributed by atoms with Crippen molar-refractivity contribution in [1.29, 1.82) is 0 Å². The molecule has 0 aromatic carbocycles. The Morgan fingerprint density at radius 1 is 1.22 bits per heavy atom. The van der Waals surface area contributed by atoms with E-state index in [1.807, 2.05) is 27.9 Å². The highest BCUT2D eigenvalue weighted by Crippen LogP contribution is 1.35. The second kappa shape index (κ2) is 15.7. The molecule has 0 aliphatic rings. The Balaban J connectivity index is -0.000000109. The van der Waals surface area contributed by atoms with Gasteiger partial charge in [-0.25, -0.2) is 0 Å². The fourth-order valence-corrected chi connectivity index (χ4v) is 0.224. The summed E-state index contributed by atoms with van der Waals surface area (Å²) in [5.74, 6) is 0. The van der Waals surface area contributed by atoms with Gasteiger partial charge in [-0.05, 0) is 0 Å². The van der Waals surface area contributed by atoms with Crippen molar-refractivity contribution >= 4 is 0 Å². The Hall–Kier alpha value is 0.210. The highest BCUT2D eigenvalue weighted by molar-refractivity contribution is 4.10. The summed E-state index contributed by atoms with van der Waals surface area (Å²) in [6.45, 7) is 5.14. The molecule has 3 heteroatoms. The predicted octanol–water partition coefficient (Wildman–Crippen LogP) is -3.85. The van der Waals surface area contributed by atoms with Crippen LogP contribution in [0, 0.1) is 0 Å². The summed E-state index contributed by atoms with van der Waals surface area (Å²) in [5, 5.41) is 8.22. The van der Waals surface area contributed by atoms with E-state index in [9.17, 15) is 0 Å². The highest BCUT2D eigenvalue weighted by atomic mass is 35.5. The molecule has 0 fully saturated rings. The number of aliphatic hydroxyl groups excluding tert-OH is 1. The summed E-state index contributed by atoms with van der Waals surface area (Å²) in [6.07, 6.45) is 0. The molecule has 0 radical (unpaired) electrons. The maximum Gasteiger partial charge on any atom is 0.100 e. The monoisotopic (exact) mass is 155 g/mol. The summed E-state index contributed by atoms with van der Waals surface area (Å²) < 4.78 is 0. The summed E-state index contributed by atoms with van der Waals surface area (Å²) in [7, 11) is 4.02. The fourth-order valence-electron chi connectivity index (χ4n) is 0.224. The van der Waals surface area contributed by atoms with Crippen LogP contribution in [-0.4, -0.2) is 32.4 Å². The lowest BCUT2D eigenvalue weighted by Gasteiger charge is -2.00. The van der Waals surface area contributed by atoms with Gasteiger partial charge in [0.1, 0.15) is 6.54 Å². The van der Waals surface area contributed by atoms with Crippen molar-refractivity contribution in [3.63, 3.8) is 0 Å². The maximum absolute atomic E-state index is 8.22. The number of aliphatic hydroxyl groups is 1. The van der Waals surface area contributed by atoms with Crippen molar-refractivity contribution < 1.29 is 22.4 Å². The van der Waals surface area contributed by atoms with E-state index in [1.54, 1.807) is 0 Å². The Bertz CT molecular complexity index is 34.2. The zero-order valence-corrected chi connectivity index (χ0v) is 7.50. The van der Waals surface area contributed by atoms with Crippen molar-refractivity contribution in [3.8, 4) is 0 Å². The molecule has 0 saturated heterocycles. The van der Waals surface area contributed by atoms with Gasteiger partial charge >= 0.3 is 0 Å². The van der Waals surface area contributed by atoms with Crippen LogP contribution in [0.15, 0.2) is 0 Å². The number of rotatable bonds is 2. The van der Waals surface area contributed by atoms with Crippen LogP contribution in [0.4, 0.5) is 0 Å². The Morgan fingerprint density at radius 3 is 1.56 bits per heavy atom. The molecule has 0 unspecified atom stereocenters. The average molecular weight is 156 g/mol. The van der Waals surface area contributed by atoms with Crippen LogP contribution in [0.25, 0.3) is 0 Å². The minimum absolute atomic E-state index is 0. The second-order valence-corrected chi connectivity index (χ2v) is 1.68. The molecule has 0 spiro atoms. The third-order valence-corrected chi connectivity index (χ3v) is 0.612. The largest absolute Gasteiger partial charge is 1.00 e. The number of hydrogen-bond acceptors (Lipinski definition) is 1. The third-order valence-electron chi connectivity index (χ3n) is 0.612. The van der Waals surface area contributed by atoms with Gasteiger partial charge in [-0.3, -0.25) is 0 Å². The van der Waals surface area contributed by atoms with E-state index < -0.39 is 0 Å². The number of likely N-dealkylation sites (N-methyl/N-ethyl adjacent to an activating group) is 1. The number of quaternary nitrogens is 1. The van der Waals surface area contributed by atoms with Crippen molar-refractivity contribution in [2.45, 2.75) is 13.8 Å². The molecule has 9 heavy (non-hydrogen) atoms. The Kier molecular flexibility index (Phi) is 28.1. The first-order chi connectivity index (χ1) is 3.77. The molecular formula is C6H18ClNO. The van der Waals surface area contributed by atoms with Crippen molar-refractivity contribution in [3.05, 3.63) is 0 Å². The Labute approximate surface area is 64.3 Å². The first-order valence-corrected chi connectivity index (χ1v) is 3.17. The maximum atomic E-state index is 8.22. The summed E-state index contributed by atoms with van der Waals surface area (Å²) in [4.78, 5) is 1.29. The average Bonchev–Trinajstić information content (AvgIpc) is 1.72. The molecule has 0 aromatic heterocycles. The lowest BCUT2D eigenvalue weighted by Crippen LogP contribution is -3.06. The second-order valence-electron chi connectivity index (χ2n) is 1.68. The van der Waals surface area contributed by atoms with Gasteiger partial charge < -0.3 is 22.4 Å². The normalized spacial score (nSPS) is 7.33. The molecule has 2 N–H and O–H groups in total. The lowest BCUT2D eigenvalue weighted by atomic mass is 10.6. The topological polar surface area (TPSA) is 24.7 Å². The molecule has 2 nitrogen and oxygen atoms in total. The summed E-state index contributed by atoms with van der Waals surface area (Å²) in [6, 6.07) is 0. The van der Waals surface area contributed by atoms with Gasteiger partial charge in [-0.1, -0.05) is 13.8 Å². The van der Waals surface area contributed by atoms with E-state index in [-0.39, 0.29) is 12.4 Å². The van der Waals surface area contributed by atoms with Gasteiger partial charge in [-0.15, -0.1) is 0 Å². The molecule has 0 saturated carbocycles. The number of hydrogen-bond donors (Lipinski definition) is 2. The summed E-state index contributed by atoms with van der Waals surface area (Å²) >= 11 is 0. The number of halogens is 1. The molecule has 0 atom stereocenters. The van der Waals surface area contributed by atoms with Gasteiger partial charge in [0.15, 0.2) is 0 Å². The van der Waals surface area contributed by atoms with E-state index >= 15 is 0 Å². The van der Waals surface area contributed by atoms with E-state index in [1.165, 1.54) is 4.90 Å². The first kappa shape index (κ1) is 16.1. The van der Waals surface area contributed by atoms with Gasteiger partial charge in [-0.2, -0.15) is 0 Å². The molecule has 60 valence electrons. The fraction of sp³-hybridized carbons (Fsp3) is 1.00. The third kappa shape index (κ3) is 30.7. The van der Waals surface area contributed by atoms with Crippen LogP contribution >= 0.6 is 0 Å². The lowest BCUT2D eigenvalue weighted by molar-refractivity contribution is -0.858. The predicted molar refractivity (Wildman–Crippen MR) is 36.1 cm³/mol. The van der Waals surface area contributed by atoms with Crippen LogP contribution < -0.4 is 17.3 Å². The van der Waals surface area contributed by atoms with Gasteiger partial charge in [0.2, 0.25) is 0 Å². The van der Waals surface area contributed by atoms with Gasteiger partial charge in [0, 0.05) is 0 Å². The van der Waals surface area contributed by atoms with Gasteiger partial charge in [0.05, 0.1) is 20.7 Å². The van der Waals surface area contributed by atoms with Crippen LogP contribution in [0.1, 0.15) is 13.8 Å². The Morgan fingerprint density at radius 2 is 1.56 bits per heavy atom. The van der Waals surface area contributed by atoms with Crippen LogP contribution in [-0.2, 0) is 0 Å². The minimum atomic E-state index is 0. The molecule has 0 heterocycles. The van der Waals surface area contributed by atoms with Crippen LogP contribution in [0.2, 0.25) is 0 Å². The zero-order valence-electron chi connectivity index (χ0n) is 6.74. The minimum Gasteiger partial charge on any atom is -1.00 e. The molecular weight excluding hydrogens is 138 g/mol. The highest BCUT2D eigenvalue weighted by Gasteiger charge is 1.84. The molecule has 0 bridgehead atoms. The molecule has 0 rings (SSSR count). The van der Waals surface area contributed by atoms with E-state index in [2.05, 4.69) is 0 Å². The van der Waals surface area contributed by atoms with E-state index in [0.29, 0.717) is 6.61 Å². The molecule has 0 aliphatic heterocycles. The first-order valence-electron chi connectivity index (χ1n) is 3.17. The van der Waals surface area contributed by atoms with Gasteiger partial charge in [0.25, 0.3) is 0 Å². The van der Waals surface area contributed by atoms with Crippen LogP contribution in [0.3, 0.4) is 0 Å². The zero-order chi connectivity index (χ0) is 6.99. The quantitative estimate of drug-likeness (QED) is 0.420. The summed E-state index contributed by atoms with van der Waals surface area (Å²) in [5.41, 5.74) is 0. The standard InChI is InChI=1S/C4H11NO.C2H6.ClH/c1-5(2)3-4-6;1-2;/h6H,3-4H2,1-2H3;1-2H3;1H. The number of nitrogens with one attached hydrogen (secondary N) is 1. The van der Waals surface area contributed by atoms with E-state index in [0.717, 1.165) is 6.54 Å². The van der Waals surface area contributed by atoms with Crippen molar-refractivity contribution in [1.82, 2.24) is 0 Å². The SMILES string of the molecule is CC.C[NH+](C)CCO.[Cl-]. The van der Waals surface area contributed by atoms with Crippen molar-refractivity contribution in [2.24, 2.45) is 0 Å². The molecule has 0 aromatic rings. The molecule has 0 aliphatic carbocycles.